The Balaban J connectivity index is 3.48. The number of aliphatic hydroxyl groups excluding tert-OH is 2. The molecule has 0 saturated heterocycles. The van der Waals surface area contributed by atoms with Gasteiger partial charge in [0.1, 0.15) is 0 Å². The highest BCUT2D eigenvalue weighted by molar-refractivity contribution is 5.76. The summed E-state index contributed by atoms with van der Waals surface area (Å²) in [5, 5.41) is 23.3. The van der Waals surface area contributed by atoms with Gasteiger partial charge in [-0.3, -0.25) is 9.59 Å². The lowest BCUT2D eigenvalue weighted by molar-refractivity contribution is -0.143. The van der Waals surface area contributed by atoms with Gasteiger partial charge in [-0.1, -0.05) is 244 Å². The molecule has 2 atom stereocenters. The lowest BCUT2D eigenvalue weighted by atomic mass is 10.0. The van der Waals surface area contributed by atoms with E-state index < -0.39 is 12.1 Å². The Labute approximate surface area is 374 Å². The van der Waals surface area contributed by atoms with Crippen molar-refractivity contribution in [2.75, 3.05) is 13.2 Å². The van der Waals surface area contributed by atoms with Crippen molar-refractivity contribution < 1.29 is 24.5 Å². The first kappa shape index (κ1) is 58.6. The molecule has 0 heterocycles. The van der Waals surface area contributed by atoms with Gasteiger partial charge in [-0.05, 0) is 51.4 Å². The lowest BCUT2D eigenvalue weighted by Gasteiger charge is -2.22. The summed E-state index contributed by atoms with van der Waals surface area (Å²) in [4.78, 5) is 24.4. The second kappa shape index (κ2) is 50.2. The van der Waals surface area contributed by atoms with Crippen molar-refractivity contribution in [1.29, 1.82) is 0 Å². The predicted octanol–water partition coefficient (Wildman–Crippen LogP) is 16.1. The molecular formula is C54H105NO5. The molecule has 6 heteroatoms. The minimum absolute atomic E-state index is 0.00996. The fourth-order valence-corrected chi connectivity index (χ4v) is 8.40. The number of carbonyl (C=O) groups is 2. The quantitative estimate of drug-likeness (QED) is 0.0322. The number of esters is 1. The van der Waals surface area contributed by atoms with Crippen LogP contribution in [0.2, 0.25) is 0 Å². The van der Waals surface area contributed by atoms with Gasteiger partial charge in [-0.2, -0.15) is 0 Å². The first-order chi connectivity index (χ1) is 29.5. The predicted molar refractivity (Wildman–Crippen MR) is 260 cm³/mol. The van der Waals surface area contributed by atoms with Crippen molar-refractivity contribution in [2.24, 2.45) is 0 Å². The van der Waals surface area contributed by atoms with Crippen LogP contribution in [0.4, 0.5) is 0 Å². The van der Waals surface area contributed by atoms with Crippen molar-refractivity contribution >= 4 is 11.9 Å². The van der Waals surface area contributed by atoms with Crippen molar-refractivity contribution in [3.8, 4) is 0 Å². The standard InChI is InChI=1S/C54H105NO5/c1-3-5-7-9-11-13-15-16-17-18-20-23-27-30-34-38-42-46-52(57)51(50-56)55-53(58)47-43-39-35-31-28-24-21-19-22-25-29-33-37-41-45-49-60-54(59)48-44-40-36-32-26-14-12-10-8-6-4-2/h22,25,51-52,56-57H,3-21,23-24,26-50H2,1-2H3,(H,55,58)/b25-22-. The van der Waals surface area contributed by atoms with Gasteiger partial charge < -0.3 is 20.3 Å². The number of hydrogen-bond donors (Lipinski definition) is 3. The molecule has 0 aromatic carbocycles. The summed E-state index contributed by atoms with van der Waals surface area (Å²) < 4.78 is 5.44. The molecule has 0 spiro atoms. The van der Waals surface area contributed by atoms with E-state index in [9.17, 15) is 19.8 Å². The highest BCUT2D eigenvalue weighted by atomic mass is 16.5. The Kier molecular flexibility index (Phi) is 49.1. The summed E-state index contributed by atoms with van der Waals surface area (Å²) in [6, 6.07) is -0.552. The normalized spacial score (nSPS) is 12.7. The van der Waals surface area contributed by atoms with E-state index in [-0.39, 0.29) is 18.5 Å². The van der Waals surface area contributed by atoms with E-state index in [1.54, 1.807) is 0 Å². The number of rotatable bonds is 50. The van der Waals surface area contributed by atoms with Crippen LogP contribution in [0.5, 0.6) is 0 Å². The van der Waals surface area contributed by atoms with Crippen molar-refractivity contribution in [3.63, 3.8) is 0 Å². The first-order valence-corrected chi connectivity index (χ1v) is 26.9. The molecule has 2 unspecified atom stereocenters. The van der Waals surface area contributed by atoms with E-state index >= 15 is 0 Å². The molecule has 60 heavy (non-hydrogen) atoms. The maximum absolute atomic E-state index is 12.5. The Morgan fingerprint density at radius 3 is 1.18 bits per heavy atom. The molecule has 0 aliphatic rings. The molecule has 0 fully saturated rings. The van der Waals surface area contributed by atoms with Gasteiger partial charge >= 0.3 is 5.97 Å². The van der Waals surface area contributed by atoms with E-state index in [2.05, 4.69) is 31.3 Å². The van der Waals surface area contributed by atoms with Crippen LogP contribution in [0.1, 0.15) is 296 Å². The van der Waals surface area contributed by atoms with Gasteiger partial charge in [0, 0.05) is 12.8 Å². The van der Waals surface area contributed by atoms with Crippen LogP contribution >= 0.6 is 0 Å². The monoisotopic (exact) mass is 848 g/mol. The second-order valence-corrected chi connectivity index (χ2v) is 18.6. The Bertz CT molecular complexity index is 893. The van der Waals surface area contributed by atoms with Gasteiger partial charge in [0.05, 0.1) is 25.4 Å². The minimum atomic E-state index is -0.673. The molecule has 0 bridgehead atoms. The molecule has 1 amide bonds. The van der Waals surface area contributed by atoms with Gasteiger partial charge in [0.2, 0.25) is 5.91 Å². The summed E-state index contributed by atoms with van der Waals surface area (Å²) in [5.41, 5.74) is 0. The number of amides is 1. The average molecular weight is 848 g/mol. The molecular weight excluding hydrogens is 743 g/mol. The van der Waals surface area contributed by atoms with Gasteiger partial charge in [0.15, 0.2) is 0 Å². The molecule has 0 aliphatic carbocycles. The summed E-state index contributed by atoms with van der Waals surface area (Å²) in [7, 11) is 0. The van der Waals surface area contributed by atoms with Crippen LogP contribution in [-0.4, -0.2) is 47.4 Å². The molecule has 0 aromatic heterocycles. The molecule has 6 nitrogen and oxygen atoms in total. The van der Waals surface area contributed by atoms with Gasteiger partial charge in [-0.25, -0.2) is 0 Å². The number of nitrogens with one attached hydrogen (secondary N) is 1. The van der Waals surface area contributed by atoms with E-state index in [1.165, 1.54) is 193 Å². The zero-order valence-electron chi connectivity index (χ0n) is 40.5. The Morgan fingerprint density at radius 2 is 0.783 bits per heavy atom. The minimum Gasteiger partial charge on any atom is -0.466 e. The van der Waals surface area contributed by atoms with Crippen LogP contribution in [0.25, 0.3) is 0 Å². The molecule has 0 radical (unpaired) electrons. The number of unbranched alkanes of at least 4 members (excludes halogenated alkanes) is 37. The van der Waals surface area contributed by atoms with Crippen LogP contribution in [-0.2, 0) is 14.3 Å². The summed E-state index contributed by atoms with van der Waals surface area (Å²) >= 11 is 0. The molecule has 0 aromatic rings. The first-order valence-electron chi connectivity index (χ1n) is 26.9. The molecule has 0 aliphatic heterocycles. The molecule has 0 rings (SSSR count). The smallest absolute Gasteiger partial charge is 0.305 e. The third-order valence-electron chi connectivity index (χ3n) is 12.6. The van der Waals surface area contributed by atoms with Gasteiger partial charge in [-0.15, -0.1) is 0 Å². The molecule has 3 N–H and O–H groups in total. The van der Waals surface area contributed by atoms with Crippen molar-refractivity contribution in [1.82, 2.24) is 5.32 Å². The van der Waals surface area contributed by atoms with Crippen LogP contribution in [0, 0.1) is 0 Å². The van der Waals surface area contributed by atoms with Crippen LogP contribution in [0.15, 0.2) is 12.2 Å². The Morgan fingerprint density at radius 1 is 0.450 bits per heavy atom. The SMILES string of the molecule is CCCCCCCCCCCCCCCCCCCC(O)C(CO)NC(=O)CCCCCCCCC/C=C\CCCCCCOC(=O)CCCCCCCCCCCCC. The van der Waals surface area contributed by atoms with Crippen molar-refractivity contribution in [2.45, 2.75) is 309 Å². The van der Waals surface area contributed by atoms with Crippen LogP contribution < -0.4 is 5.32 Å². The summed E-state index contributed by atoms with van der Waals surface area (Å²) in [6.07, 6.45) is 57.6. The highest BCUT2D eigenvalue weighted by Gasteiger charge is 2.20. The molecule has 356 valence electrons. The average Bonchev–Trinajstić information content (AvgIpc) is 3.25. The number of carbonyl (C=O) groups excluding carboxylic acids is 2. The zero-order chi connectivity index (χ0) is 43.7. The fraction of sp³-hybridized carbons (Fsp3) is 0.926. The maximum atomic E-state index is 12.5. The zero-order valence-corrected chi connectivity index (χ0v) is 40.5. The van der Waals surface area contributed by atoms with E-state index in [1.807, 2.05) is 0 Å². The highest BCUT2D eigenvalue weighted by Crippen LogP contribution is 2.17. The lowest BCUT2D eigenvalue weighted by Crippen LogP contribution is -2.45. The summed E-state index contributed by atoms with van der Waals surface area (Å²) in [6.45, 7) is 4.92. The topological polar surface area (TPSA) is 95.9 Å². The van der Waals surface area contributed by atoms with Crippen molar-refractivity contribution in [3.05, 3.63) is 12.2 Å². The number of ether oxygens (including phenoxy) is 1. The Hall–Kier alpha value is -1.40. The fourth-order valence-electron chi connectivity index (χ4n) is 8.40. The largest absolute Gasteiger partial charge is 0.466 e. The van der Waals surface area contributed by atoms with E-state index in [0.29, 0.717) is 25.9 Å². The van der Waals surface area contributed by atoms with Gasteiger partial charge in [0.25, 0.3) is 0 Å². The number of aliphatic hydroxyl groups is 2. The van der Waals surface area contributed by atoms with E-state index in [4.69, 9.17) is 4.74 Å². The number of hydrogen-bond acceptors (Lipinski definition) is 5. The maximum Gasteiger partial charge on any atom is 0.305 e. The summed E-state index contributed by atoms with van der Waals surface area (Å²) in [5.74, 6) is -0.0581. The van der Waals surface area contributed by atoms with Crippen LogP contribution in [0.3, 0.4) is 0 Å². The molecule has 0 saturated carbocycles. The second-order valence-electron chi connectivity index (χ2n) is 18.6. The third-order valence-corrected chi connectivity index (χ3v) is 12.6. The van der Waals surface area contributed by atoms with E-state index in [0.717, 1.165) is 70.6 Å². The number of allylic oxidation sites excluding steroid dienone is 2. The third kappa shape index (κ3) is 46.1.